The van der Waals surface area contributed by atoms with Crippen molar-refractivity contribution in [3.05, 3.63) is 78.0 Å². The van der Waals surface area contributed by atoms with E-state index in [1.54, 1.807) is 24.4 Å². The molecule has 2 N–H and O–H groups in total. The molecular formula is C40H40F2N6O3S2. The zero-order valence-corrected chi connectivity index (χ0v) is 30.8. The van der Waals surface area contributed by atoms with E-state index in [1.165, 1.54) is 6.07 Å². The van der Waals surface area contributed by atoms with Gasteiger partial charge in [0.2, 0.25) is 0 Å². The van der Waals surface area contributed by atoms with Crippen LogP contribution in [0.4, 0.5) is 14.6 Å². The maximum atomic E-state index is 17.0. The highest BCUT2D eigenvalue weighted by molar-refractivity contribution is 7.93. The smallest absolute Gasteiger partial charge is 0.319 e. The largest absolute Gasteiger partial charge is 0.493 e. The molecule has 0 spiro atoms. The lowest BCUT2D eigenvalue weighted by Gasteiger charge is -2.34. The summed E-state index contributed by atoms with van der Waals surface area (Å²) in [5, 5.41) is 5.29. The molecule has 0 aliphatic carbocycles. The number of halogens is 2. The molecule has 0 saturated carbocycles. The fourth-order valence-electron chi connectivity index (χ4n) is 8.94. The number of nitrogens with zero attached hydrogens (tertiary/aromatic N) is 5. The van der Waals surface area contributed by atoms with Crippen LogP contribution in [0.2, 0.25) is 0 Å². The minimum atomic E-state index is -0.631. The van der Waals surface area contributed by atoms with Crippen LogP contribution in [-0.2, 0) is 0 Å². The van der Waals surface area contributed by atoms with Crippen molar-refractivity contribution in [1.82, 2.24) is 25.2 Å². The van der Waals surface area contributed by atoms with Gasteiger partial charge in [-0.05, 0) is 74.4 Å². The molecule has 4 saturated heterocycles. The third-order valence-corrected chi connectivity index (χ3v) is 11.8. The summed E-state index contributed by atoms with van der Waals surface area (Å²) in [6.07, 6.45) is 12.5. The van der Waals surface area contributed by atoms with Gasteiger partial charge in [0, 0.05) is 71.7 Å². The van der Waals surface area contributed by atoms with Gasteiger partial charge in [-0.25, -0.2) is 8.78 Å². The van der Waals surface area contributed by atoms with E-state index in [0.717, 1.165) is 68.9 Å². The summed E-state index contributed by atoms with van der Waals surface area (Å²) in [5.74, 6) is 2.97. The third-order valence-electron chi connectivity index (χ3n) is 11.3. The Labute approximate surface area is 318 Å². The molecule has 6 heterocycles. The fourth-order valence-corrected chi connectivity index (χ4v) is 9.20. The molecule has 0 amide bonds. The van der Waals surface area contributed by atoms with Crippen LogP contribution >= 0.6 is 25.5 Å². The summed E-state index contributed by atoms with van der Waals surface area (Å²) in [5.41, 5.74) is 0.418. The van der Waals surface area contributed by atoms with Gasteiger partial charge in [-0.2, -0.15) is 23.5 Å². The Bertz CT molecular complexity index is 2210. The number of ether oxygens (including phenoxy) is 2. The quantitative estimate of drug-likeness (QED) is 0.121. The van der Waals surface area contributed by atoms with Gasteiger partial charge in [-0.15, -0.1) is 6.42 Å². The molecule has 5 aromatic rings. The van der Waals surface area contributed by atoms with E-state index in [4.69, 9.17) is 25.9 Å². The average molecular weight is 755 g/mol. The van der Waals surface area contributed by atoms with E-state index in [9.17, 15) is 8.94 Å². The second-order valence-electron chi connectivity index (χ2n) is 14.5. The molecule has 4 aliphatic rings. The molecule has 0 radical (unpaired) electrons. The zero-order valence-electron chi connectivity index (χ0n) is 29.0. The van der Waals surface area contributed by atoms with Crippen LogP contribution in [0.3, 0.4) is 0 Å². The highest BCUT2D eigenvalue weighted by Crippen LogP contribution is 2.43. The maximum Gasteiger partial charge on any atom is 0.319 e. The van der Waals surface area contributed by atoms with Crippen molar-refractivity contribution in [2.24, 2.45) is 5.92 Å². The second kappa shape index (κ2) is 14.6. The van der Waals surface area contributed by atoms with Gasteiger partial charge in [0.15, 0.2) is 5.82 Å². The lowest BCUT2D eigenvalue weighted by Crippen LogP contribution is -2.51. The summed E-state index contributed by atoms with van der Waals surface area (Å²) in [7, 11) is 0. The monoisotopic (exact) mass is 754 g/mol. The first-order chi connectivity index (χ1) is 25.4. The zero-order chi connectivity index (χ0) is 35.4. The number of terminal acetylenes is 1. The fraction of sp³-hybridized carbons (Fsp3) is 0.375. The van der Waals surface area contributed by atoms with Crippen LogP contribution in [0.15, 0.2) is 65.7 Å². The Kier molecular flexibility index (Phi) is 9.84. The van der Waals surface area contributed by atoms with E-state index in [-0.39, 0.29) is 41.8 Å². The molecule has 4 fully saturated rings. The lowest BCUT2D eigenvalue weighted by molar-refractivity contribution is 0.107. The van der Waals surface area contributed by atoms with Crippen LogP contribution in [0.5, 0.6) is 11.8 Å². The third kappa shape index (κ3) is 6.55. The van der Waals surface area contributed by atoms with E-state index >= 15 is 4.39 Å². The molecule has 53 heavy (non-hydrogen) atoms. The molecule has 2 aromatic heterocycles. The van der Waals surface area contributed by atoms with Crippen LogP contribution in [-0.4, -0.2) is 81.4 Å². The maximum absolute atomic E-state index is 17.0. The number of hydrogen-bond donors (Lipinski definition) is 2. The summed E-state index contributed by atoms with van der Waals surface area (Å²) in [6, 6.07) is 16.5. The average Bonchev–Trinajstić information content (AvgIpc) is 3.84. The molecule has 4 unspecified atom stereocenters. The predicted octanol–water partition coefficient (Wildman–Crippen LogP) is 7.04. The predicted molar refractivity (Wildman–Crippen MR) is 208 cm³/mol. The number of piperazine rings is 1. The van der Waals surface area contributed by atoms with Gasteiger partial charge in [0.05, 0.1) is 23.1 Å². The molecule has 3 aromatic carbocycles. The highest BCUT2D eigenvalue weighted by atomic mass is 32.2. The first-order valence-corrected chi connectivity index (χ1v) is 18.7. The number of aromatic nitrogens is 3. The van der Waals surface area contributed by atoms with Crippen LogP contribution < -0.4 is 19.7 Å². The Hall–Kier alpha value is -4.19. The Balaban J connectivity index is 0.00000400. The first kappa shape index (κ1) is 35.8. The van der Waals surface area contributed by atoms with E-state index in [0.29, 0.717) is 70.8 Å². The molecule has 9 nitrogen and oxygen atoms in total. The molecule has 274 valence electrons. The summed E-state index contributed by atoms with van der Waals surface area (Å²) in [4.78, 5) is 19.8. The normalized spacial score (nSPS) is 23.6. The van der Waals surface area contributed by atoms with Crippen molar-refractivity contribution in [3.63, 3.8) is 0 Å². The minimum Gasteiger partial charge on any atom is -0.493 e. The number of nitrogens with one attached hydrogen (secondary N) is 1. The first-order valence-electron chi connectivity index (χ1n) is 17.9. The Morgan fingerprint density at radius 2 is 1.83 bits per heavy atom. The van der Waals surface area contributed by atoms with Gasteiger partial charge >= 0.3 is 6.01 Å². The van der Waals surface area contributed by atoms with Crippen molar-refractivity contribution in [2.75, 3.05) is 44.3 Å². The van der Waals surface area contributed by atoms with Crippen molar-refractivity contribution < 1.29 is 22.8 Å². The van der Waals surface area contributed by atoms with Gasteiger partial charge in [-0.3, -0.25) is 9.88 Å². The minimum absolute atomic E-state index is 0. The highest BCUT2D eigenvalue weighted by Gasteiger charge is 2.49. The van der Waals surface area contributed by atoms with Crippen LogP contribution in [0.25, 0.3) is 32.9 Å². The van der Waals surface area contributed by atoms with E-state index in [2.05, 4.69) is 26.0 Å². The topological polar surface area (TPSA) is 95.9 Å². The molecular weight excluding hydrogens is 715 g/mol. The van der Waals surface area contributed by atoms with Crippen molar-refractivity contribution in [1.29, 1.82) is 0 Å². The van der Waals surface area contributed by atoms with Crippen molar-refractivity contribution in [2.45, 2.75) is 54.6 Å². The number of hydrogen-bond acceptors (Lipinski definition) is 10. The van der Waals surface area contributed by atoms with Gasteiger partial charge in [0.25, 0.3) is 0 Å². The second-order valence-corrected chi connectivity index (χ2v) is 15.2. The van der Waals surface area contributed by atoms with Crippen molar-refractivity contribution >= 4 is 53.0 Å². The number of pyridine rings is 1. The Morgan fingerprint density at radius 3 is 2.60 bits per heavy atom. The summed E-state index contributed by atoms with van der Waals surface area (Å²) >= 11 is 0.715. The molecule has 4 aliphatic heterocycles. The van der Waals surface area contributed by atoms with E-state index in [1.807, 2.05) is 30.3 Å². The Morgan fingerprint density at radius 1 is 1.02 bits per heavy atom. The van der Waals surface area contributed by atoms with Gasteiger partial charge < -0.3 is 24.2 Å². The summed E-state index contributed by atoms with van der Waals surface area (Å²) in [6.45, 7) is 4.30. The van der Waals surface area contributed by atoms with E-state index < -0.39 is 11.6 Å². The van der Waals surface area contributed by atoms with Gasteiger partial charge in [-0.1, -0.05) is 30.2 Å². The standard InChI is InChI=1S/C40H38F2N6O3S.H2S/c1-2-30-33(41)14-7-25-5-3-6-31(34(25)30)36-35(42)37-32(18-43-36)38(47-20-26-8-9-27(21-47)44-26)46-39(45-37)51-23-40-15-4-16-48(40)19-24(17-40)22-50-28-10-12-29(52-49)13-11-28;/h1,3,5-7,10-14,18,24,26-27,44,49H,4,8-9,15-17,19-23H2;1H2. The molecule has 9 rings (SSSR count). The number of rotatable bonds is 9. The number of fused-ring (bicyclic) bond motifs is 5. The summed E-state index contributed by atoms with van der Waals surface area (Å²) < 4.78 is 53.8. The van der Waals surface area contributed by atoms with Crippen molar-refractivity contribution in [3.8, 4) is 35.4 Å². The van der Waals surface area contributed by atoms with Crippen LogP contribution in [0.1, 0.15) is 37.7 Å². The van der Waals surface area contributed by atoms with Gasteiger partial charge in [0.1, 0.15) is 35.2 Å². The molecule has 2 bridgehead atoms. The number of benzene rings is 3. The number of anilines is 1. The molecule has 4 atom stereocenters. The molecule has 13 heteroatoms. The van der Waals surface area contributed by atoms with Crippen LogP contribution in [0, 0.1) is 29.9 Å². The SMILES string of the molecule is C#Cc1c(F)ccc2cccc(-c3ncc4c(N5CC6CCC(C5)N6)nc(OCC56CCCN5CC(COc5ccc(SO)cc5)C6)nc4c3F)c12.S. The lowest BCUT2D eigenvalue weighted by atomic mass is 9.91.